The van der Waals surface area contributed by atoms with Crippen molar-refractivity contribution in [3.63, 3.8) is 0 Å². The molecule has 6 nitrogen and oxygen atoms in total. The summed E-state index contributed by atoms with van der Waals surface area (Å²) in [7, 11) is 0. The van der Waals surface area contributed by atoms with Crippen LogP contribution in [0.3, 0.4) is 0 Å². The standard InChI is InChI=1S/C13H16N2O4/c16-10-4-1-3-9(15-10)12(19)14-8-13(5-2-6-13)7-11(17)18/h1,3-4H,2,5-8H2,(H,14,19)(H,15,16)(H,17,18). The van der Waals surface area contributed by atoms with E-state index in [9.17, 15) is 14.4 Å². The smallest absolute Gasteiger partial charge is 0.303 e. The molecular formula is C13H16N2O4. The minimum atomic E-state index is -0.845. The predicted molar refractivity (Wildman–Crippen MR) is 67.9 cm³/mol. The van der Waals surface area contributed by atoms with E-state index in [2.05, 4.69) is 10.3 Å². The molecule has 0 atom stereocenters. The van der Waals surface area contributed by atoms with Gasteiger partial charge in [-0.3, -0.25) is 14.4 Å². The summed E-state index contributed by atoms with van der Waals surface area (Å²) in [5.74, 6) is -1.23. The molecule has 0 bridgehead atoms. The highest BCUT2D eigenvalue weighted by atomic mass is 16.4. The average molecular weight is 264 g/mol. The molecule has 1 aromatic heterocycles. The fraction of sp³-hybridized carbons (Fsp3) is 0.462. The Morgan fingerprint density at radius 3 is 2.63 bits per heavy atom. The summed E-state index contributed by atoms with van der Waals surface area (Å²) < 4.78 is 0. The lowest BCUT2D eigenvalue weighted by atomic mass is 9.66. The summed E-state index contributed by atoms with van der Waals surface area (Å²) in [6.07, 6.45) is 2.68. The van der Waals surface area contributed by atoms with E-state index >= 15 is 0 Å². The molecule has 102 valence electrons. The first-order valence-electron chi connectivity index (χ1n) is 6.20. The lowest BCUT2D eigenvalue weighted by molar-refractivity contribution is -0.141. The van der Waals surface area contributed by atoms with E-state index in [1.807, 2.05) is 0 Å². The fourth-order valence-corrected chi connectivity index (χ4v) is 2.36. The monoisotopic (exact) mass is 264 g/mol. The van der Waals surface area contributed by atoms with Crippen LogP contribution in [0.5, 0.6) is 0 Å². The Labute approximate surface area is 109 Å². The largest absolute Gasteiger partial charge is 0.481 e. The van der Waals surface area contributed by atoms with Gasteiger partial charge in [0, 0.05) is 12.6 Å². The molecule has 0 aromatic carbocycles. The zero-order valence-electron chi connectivity index (χ0n) is 10.4. The van der Waals surface area contributed by atoms with Crippen molar-refractivity contribution in [2.75, 3.05) is 6.54 Å². The molecule has 6 heteroatoms. The molecular weight excluding hydrogens is 248 g/mol. The van der Waals surface area contributed by atoms with Crippen LogP contribution in [-0.4, -0.2) is 28.5 Å². The van der Waals surface area contributed by atoms with Crippen LogP contribution >= 0.6 is 0 Å². The molecule has 0 saturated heterocycles. The number of nitrogens with one attached hydrogen (secondary N) is 2. The molecule has 1 heterocycles. The van der Waals surface area contributed by atoms with Crippen LogP contribution in [0.1, 0.15) is 36.2 Å². The topological polar surface area (TPSA) is 99.3 Å². The highest BCUT2D eigenvalue weighted by molar-refractivity contribution is 5.92. The van der Waals surface area contributed by atoms with Crippen LogP contribution in [-0.2, 0) is 4.79 Å². The maximum atomic E-state index is 11.8. The number of rotatable bonds is 5. The van der Waals surface area contributed by atoms with E-state index in [1.165, 1.54) is 18.2 Å². The van der Waals surface area contributed by atoms with Crippen LogP contribution in [0.2, 0.25) is 0 Å². The van der Waals surface area contributed by atoms with Gasteiger partial charge in [-0.05, 0) is 24.3 Å². The van der Waals surface area contributed by atoms with E-state index in [0.29, 0.717) is 6.54 Å². The molecule has 2 rings (SSSR count). The minimum Gasteiger partial charge on any atom is -0.481 e. The van der Waals surface area contributed by atoms with Gasteiger partial charge in [0.05, 0.1) is 6.42 Å². The van der Waals surface area contributed by atoms with Crippen LogP contribution in [0.25, 0.3) is 0 Å². The number of amides is 1. The molecule has 1 aliphatic carbocycles. The number of aliphatic carboxylic acids is 1. The quantitative estimate of drug-likeness (QED) is 0.730. The van der Waals surface area contributed by atoms with Crippen LogP contribution in [0.4, 0.5) is 0 Å². The second-order valence-corrected chi connectivity index (χ2v) is 5.04. The van der Waals surface area contributed by atoms with Gasteiger partial charge in [-0.25, -0.2) is 0 Å². The number of carbonyl (C=O) groups excluding carboxylic acids is 1. The third-order valence-corrected chi connectivity index (χ3v) is 3.58. The molecule has 1 aromatic rings. The highest BCUT2D eigenvalue weighted by Crippen LogP contribution is 2.43. The number of carboxylic acid groups (broad SMARTS) is 1. The number of pyridine rings is 1. The molecule has 0 unspecified atom stereocenters. The van der Waals surface area contributed by atoms with Gasteiger partial charge < -0.3 is 15.4 Å². The number of hydrogen-bond donors (Lipinski definition) is 3. The first kappa shape index (κ1) is 13.3. The SMILES string of the molecule is O=C(O)CC1(CNC(=O)c2cccc(=O)[nH]2)CCC1. The van der Waals surface area contributed by atoms with Crippen LogP contribution in [0.15, 0.2) is 23.0 Å². The van der Waals surface area contributed by atoms with Crippen molar-refractivity contribution in [1.82, 2.24) is 10.3 Å². The van der Waals surface area contributed by atoms with Gasteiger partial charge >= 0.3 is 5.97 Å². The van der Waals surface area contributed by atoms with E-state index in [0.717, 1.165) is 19.3 Å². The van der Waals surface area contributed by atoms with Crippen molar-refractivity contribution in [3.8, 4) is 0 Å². The lowest BCUT2D eigenvalue weighted by Crippen LogP contribution is -2.43. The van der Waals surface area contributed by atoms with Gasteiger partial charge in [0.25, 0.3) is 5.91 Å². The zero-order valence-corrected chi connectivity index (χ0v) is 10.4. The van der Waals surface area contributed by atoms with Gasteiger partial charge in [-0.2, -0.15) is 0 Å². The summed E-state index contributed by atoms with van der Waals surface area (Å²) in [6, 6.07) is 4.35. The zero-order chi connectivity index (χ0) is 13.9. The van der Waals surface area contributed by atoms with E-state index < -0.39 is 5.97 Å². The molecule has 19 heavy (non-hydrogen) atoms. The lowest BCUT2D eigenvalue weighted by Gasteiger charge is -2.40. The van der Waals surface area contributed by atoms with Crippen molar-refractivity contribution in [2.45, 2.75) is 25.7 Å². The van der Waals surface area contributed by atoms with E-state index in [4.69, 9.17) is 5.11 Å². The third-order valence-electron chi connectivity index (χ3n) is 3.58. The number of carboxylic acids is 1. The van der Waals surface area contributed by atoms with Crippen molar-refractivity contribution < 1.29 is 14.7 Å². The molecule has 0 spiro atoms. The normalized spacial score (nSPS) is 16.4. The molecule has 0 aliphatic heterocycles. The summed E-state index contributed by atoms with van der Waals surface area (Å²) in [5, 5.41) is 11.6. The number of carbonyl (C=O) groups is 2. The summed E-state index contributed by atoms with van der Waals surface area (Å²) in [5.41, 5.74) is -0.467. The van der Waals surface area contributed by atoms with E-state index in [-0.39, 0.29) is 29.0 Å². The Morgan fingerprint density at radius 2 is 2.11 bits per heavy atom. The Balaban J connectivity index is 1.96. The Kier molecular flexibility index (Phi) is 3.69. The van der Waals surface area contributed by atoms with Gasteiger partial charge in [0.2, 0.25) is 5.56 Å². The summed E-state index contributed by atoms with van der Waals surface area (Å²) in [4.78, 5) is 36.2. The number of H-pyrrole nitrogens is 1. The van der Waals surface area contributed by atoms with Crippen LogP contribution < -0.4 is 10.9 Å². The van der Waals surface area contributed by atoms with Crippen molar-refractivity contribution in [2.24, 2.45) is 5.41 Å². The third kappa shape index (κ3) is 3.21. The van der Waals surface area contributed by atoms with Gasteiger partial charge in [-0.15, -0.1) is 0 Å². The molecule has 1 saturated carbocycles. The average Bonchev–Trinajstić information content (AvgIpc) is 2.31. The number of aromatic nitrogens is 1. The minimum absolute atomic E-state index is 0.0680. The molecule has 1 amide bonds. The number of hydrogen-bond acceptors (Lipinski definition) is 3. The van der Waals surface area contributed by atoms with Gasteiger partial charge in [-0.1, -0.05) is 12.5 Å². The predicted octanol–water partition coefficient (Wildman–Crippen LogP) is 0.750. The summed E-state index contributed by atoms with van der Waals surface area (Å²) >= 11 is 0. The highest BCUT2D eigenvalue weighted by Gasteiger charge is 2.39. The van der Waals surface area contributed by atoms with Gasteiger partial charge in [0.15, 0.2) is 0 Å². The molecule has 3 N–H and O–H groups in total. The number of aromatic amines is 1. The maximum Gasteiger partial charge on any atom is 0.303 e. The van der Waals surface area contributed by atoms with Crippen LogP contribution in [0, 0.1) is 5.41 Å². The van der Waals surface area contributed by atoms with Crippen molar-refractivity contribution in [3.05, 3.63) is 34.2 Å². The second-order valence-electron chi connectivity index (χ2n) is 5.04. The Morgan fingerprint density at radius 1 is 1.37 bits per heavy atom. The Hall–Kier alpha value is -2.11. The fourth-order valence-electron chi connectivity index (χ4n) is 2.36. The van der Waals surface area contributed by atoms with Crippen molar-refractivity contribution in [1.29, 1.82) is 0 Å². The maximum absolute atomic E-state index is 11.8. The Bertz CT molecular complexity index is 546. The molecule has 1 fully saturated rings. The summed E-state index contributed by atoms with van der Waals surface area (Å²) in [6.45, 7) is 0.328. The van der Waals surface area contributed by atoms with Gasteiger partial charge in [0.1, 0.15) is 5.69 Å². The second kappa shape index (κ2) is 5.26. The first-order valence-corrected chi connectivity index (χ1v) is 6.20. The molecule has 1 aliphatic rings. The first-order chi connectivity index (χ1) is 9.01. The van der Waals surface area contributed by atoms with Crippen molar-refractivity contribution >= 4 is 11.9 Å². The van der Waals surface area contributed by atoms with E-state index in [1.54, 1.807) is 0 Å². The molecule has 0 radical (unpaired) electrons.